The maximum atomic E-state index is 12.7. The Bertz CT molecular complexity index is 1450. The summed E-state index contributed by atoms with van der Waals surface area (Å²) in [7, 11) is -3.91. The van der Waals surface area contributed by atoms with Gasteiger partial charge in [0.05, 0.1) is 22.6 Å². The number of benzene rings is 3. The van der Waals surface area contributed by atoms with Crippen molar-refractivity contribution in [3.63, 3.8) is 0 Å². The zero-order valence-corrected chi connectivity index (χ0v) is 19.6. The average molecular weight is 494 g/mol. The monoisotopic (exact) mass is 493 g/mol. The van der Waals surface area contributed by atoms with Crippen LogP contribution in [-0.2, 0) is 10.0 Å². The van der Waals surface area contributed by atoms with Gasteiger partial charge in [0.15, 0.2) is 0 Å². The number of amides is 1. The Balaban J connectivity index is 1.46. The second kappa shape index (κ2) is 9.90. The number of carbonyl (C=O) groups is 1. The third-order valence-corrected chi connectivity index (χ3v) is 6.51. The van der Waals surface area contributed by atoms with E-state index in [-0.39, 0.29) is 10.5 Å². The number of hydrogen-bond acceptors (Lipinski definition) is 5. The largest absolute Gasteiger partial charge is 0.306 e. The summed E-state index contributed by atoms with van der Waals surface area (Å²) in [6.07, 6.45) is 5.24. The minimum Gasteiger partial charge on any atom is -0.306 e. The van der Waals surface area contributed by atoms with Gasteiger partial charge in [0.25, 0.3) is 15.9 Å². The summed E-state index contributed by atoms with van der Waals surface area (Å²) in [5.41, 5.74) is 5.32. The molecule has 10 heteroatoms. The highest BCUT2D eigenvalue weighted by Gasteiger charge is 2.17. The lowest BCUT2D eigenvalue weighted by molar-refractivity contribution is 0.0954. The van der Waals surface area contributed by atoms with E-state index in [0.29, 0.717) is 16.4 Å². The number of carbonyl (C=O) groups excluding carboxylic acids is 1. The number of nitrogens with zero attached hydrogens (tertiary/aromatic N) is 3. The molecule has 0 aliphatic rings. The SMILES string of the molecule is C/C(=N/NC(=O)c1cccc(S(=O)(=O)Nc2cccc(Cl)c2)c1)c1ccc(-n2ccnc2)cc1. The van der Waals surface area contributed by atoms with Crippen molar-refractivity contribution >= 4 is 38.9 Å². The first-order chi connectivity index (χ1) is 16.3. The van der Waals surface area contributed by atoms with E-state index in [1.807, 2.05) is 35.0 Å². The molecule has 0 spiro atoms. The molecule has 0 unspecified atom stereocenters. The van der Waals surface area contributed by atoms with Gasteiger partial charge in [0.1, 0.15) is 0 Å². The minimum atomic E-state index is -3.91. The lowest BCUT2D eigenvalue weighted by Gasteiger charge is -2.10. The highest BCUT2D eigenvalue weighted by Crippen LogP contribution is 2.20. The summed E-state index contributed by atoms with van der Waals surface area (Å²) >= 11 is 5.92. The van der Waals surface area contributed by atoms with Crippen molar-refractivity contribution in [2.75, 3.05) is 4.72 Å². The molecule has 0 saturated heterocycles. The molecule has 1 heterocycles. The molecule has 4 aromatic rings. The lowest BCUT2D eigenvalue weighted by atomic mass is 10.1. The number of halogens is 1. The van der Waals surface area contributed by atoms with Crippen LogP contribution >= 0.6 is 11.6 Å². The van der Waals surface area contributed by atoms with Gasteiger partial charge in [-0.2, -0.15) is 5.10 Å². The standard InChI is InChI=1S/C24H20ClN5O3S/c1-17(18-8-10-22(11-9-18)30-13-12-26-16-30)27-28-24(31)19-4-2-7-23(14-19)34(32,33)29-21-6-3-5-20(25)15-21/h2-16,29H,1H3,(H,28,31)/b27-17-. The maximum Gasteiger partial charge on any atom is 0.271 e. The molecular formula is C24H20ClN5O3S. The Morgan fingerprint density at radius 1 is 1.00 bits per heavy atom. The van der Waals surface area contributed by atoms with Gasteiger partial charge in [0, 0.05) is 28.7 Å². The van der Waals surface area contributed by atoms with Crippen molar-refractivity contribution in [3.8, 4) is 5.69 Å². The first-order valence-corrected chi connectivity index (χ1v) is 12.0. The summed E-state index contributed by atoms with van der Waals surface area (Å²) in [5, 5.41) is 4.55. The van der Waals surface area contributed by atoms with E-state index in [0.717, 1.165) is 11.3 Å². The molecular weight excluding hydrogens is 474 g/mol. The number of hydrazone groups is 1. The molecule has 34 heavy (non-hydrogen) atoms. The highest BCUT2D eigenvalue weighted by atomic mass is 35.5. The molecule has 2 N–H and O–H groups in total. The Kier molecular flexibility index (Phi) is 6.76. The number of anilines is 1. The van der Waals surface area contributed by atoms with Crippen LogP contribution in [0.3, 0.4) is 0 Å². The Morgan fingerprint density at radius 2 is 1.76 bits per heavy atom. The van der Waals surface area contributed by atoms with Crippen LogP contribution in [0.25, 0.3) is 5.69 Å². The van der Waals surface area contributed by atoms with Crippen molar-refractivity contribution in [2.45, 2.75) is 11.8 Å². The number of nitrogens with one attached hydrogen (secondary N) is 2. The molecule has 0 fully saturated rings. The van der Waals surface area contributed by atoms with Gasteiger partial charge in [-0.1, -0.05) is 35.9 Å². The summed E-state index contributed by atoms with van der Waals surface area (Å²) in [5.74, 6) is -0.533. The highest BCUT2D eigenvalue weighted by molar-refractivity contribution is 7.92. The first-order valence-electron chi connectivity index (χ1n) is 10.1. The van der Waals surface area contributed by atoms with Crippen LogP contribution in [0, 0.1) is 0 Å². The predicted octanol–water partition coefficient (Wildman–Crippen LogP) is 4.48. The van der Waals surface area contributed by atoms with Crippen LogP contribution in [0.1, 0.15) is 22.8 Å². The Hall–Kier alpha value is -3.95. The quantitative estimate of drug-likeness (QED) is 0.292. The fraction of sp³-hybridized carbons (Fsp3) is 0.0417. The Morgan fingerprint density at radius 3 is 2.47 bits per heavy atom. The average Bonchev–Trinajstić information content (AvgIpc) is 3.37. The normalized spacial score (nSPS) is 11.8. The van der Waals surface area contributed by atoms with Crippen molar-refractivity contribution in [2.24, 2.45) is 5.10 Å². The molecule has 4 rings (SSSR count). The smallest absolute Gasteiger partial charge is 0.271 e. The van der Waals surface area contributed by atoms with Gasteiger partial charge in [0.2, 0.25) is 0 Å². The molecule has 0 aliphatic carbocycles. The molecule has 0 atom stereocenters. The molecule has 3 aromatic carbocycles. The molecule has 1 amide bonds. The molecule has 8 nitrogen and oxygen atoms in total. The van der Waals surface area contributed by atoms with Crippen LogP contribution in [0.15, 0.2) is 102 Å². The van der Waals surface area contributed by atoms with Crippen LogP contribution < -0.4 is 10.1 Å². The maximum absolute atomic E-state index is 12.7. The number of imidazole rings is 1. The second-order valence-electron chi connectivity index (χ2n) is 7.30. The summed E-state index contributed by atoms with van der Waals surface area (Å²) in [6, 6.07) is 19.6. The van der Waals surface area contributed by atoms with E-state index in [1.165, 1.54) is 30.3 Å². The minimum absolute atomic E-state index is 0.0593. The molecule has 0 saturated carbocycles. The van der Waals surface area contributed by atoms with Crippen LogP contribution in [0.5, 0.6) is 0 Å². The number of sulfonamides is 1. The molecule has 1 aromatic heterocycles. The van der Waals surface area contributed by atoms with Crippen molar-refractivity contribution in [1.82, 2.24) is 15.0 Å². The summed E-state index contributed by atoms with van der Waals surface area (Å²) in [4.78, 5) is 16.6. The summed E-state index contributed by atoms with van der Waals surface area (Å²) < 4.78 is 29.8. The first kappa shape index (κ1) is 23.2. The van der Waals surface area contributed by atoms with Crippen LogP contribution in [0.2, 0.25) is 5.02 Å². The Labute approximate surface area is 202 Å². The van der Waals surface area contributed by atoms with Crippen molar-refractivity contribution < 1.29 is 13.2 Å². The number of rotatable bonds is 7. The van der Waals surface area contributed by atoms with Crippen LogP contribution in [-0.4, -0.2) is 29.6 Å². The van der Waals surface area contributed by atoms with Gasteiger partial charge in [-0.15, -0.1) is 0 Å². The number of aromatic nitrogens is 2. The molecule has 0 radical (unpaired) electrons. The van der Waals surface area contributed by atoms with E-state index < -0.39 is 15.9 Å². The van der Waals surface area contributed by atoms with Crippen molar-refractivity contribution in [3.05, 3.63) is 108 Å². The van der Waals surface area contributed by atoms with E-state index in [1.54, 1.807) is 37.6 Å². The molecule has 0 aliphatic heterocycles. The van der Waals surface area contributed by atoms with E-state index in [9.17, 15) is 13.2 Å². The molecule has 172 valence electrons. The van der Waals surface area contributed by atoms with Gasteiger partial charge in [-0.3, -0.25) is 9.52 Å². The van der Waals surface area contributed by atoms with E-state index >= 15 is 0 Å². The fourth-order valence-electron chi connectivity index (χ4n) is 3.12. The third-order valence-electron chi connectivity index (χ3n) is 4.90. The van der Waals surface area contributed by atoms with E-state index in [2.05, 4.69) is 20.2 Å². The zero-order valence-electron chi connectivity index (χ0n) is 18.0. The lowest BCUT2D eigenvalue weighted by Crippen LogP contribution is -2.20. The van der Waals surface area contributed by atoms with Crippen molar-refractivity contribution in [1.29, 1.82) is 0 Å². The topological polar surface area (TPSA) is 105 Å². The molecule has 0 bridgehead atoms. The fourth-order valence-corrected chi connectivity index (χ4v) is 4.41. The van der Waals surface area contributed by atoms with E-state index in [4.69, 9.17) is 11.6 Å². The van der Waals surface area contributed by atoms with Gasteiger partial charge in [-0.05, 0) is 61.0 Å². The zero-order chi connectivity index (χ0) is 24.1. The predicted molar refractivity (Wildman–Crippen MR) is 132 cm³/mol. The van der Waals surface area contributed by atoms with Gasteiger partial charge >= 0.3 is 0 Å². The summed E-state index contributed by atoms with van der Waals surface area (Å²) in [6.45, 7) is 1.77. The van der Waals surface area contributed by atoms with Gasteiger partial charge in [-0.25, -0.2) is 18.8 Å². The van der Waals surface area contributed by atoms with Crippen LogP contribution in [0.4, 0.5) is 5.69 Å². The number of hydrogen-bond donors (Lipinski definition) is 2. The second-order valence-corrected chi connectivity index (χ2v) is 9.42. The van der Waals surface area contributed by atoms with Gasteiger partial charge < -0.3 is 4.57 Å². The third kappa shape index (κ3) is 5.51.